The van der Waals surface area contributed by atoms with Gasteiger partial charge in [0.15, 0.2) is 5.11 Å². The van der Waals surface area contributed by atoms with Gasteiger partial charge >= 0.3 is 0 Å². The van der Waals surface area contributed by atoms with Crippen LogP contribution in [0.3, 0.4) is 0 Å². The zero-order chi connectivity index (χ0) is 18.2. The molecule has 1 aromatic carbocycles. The fraction of sp³-hybridized carbons (Fsp3) is 0.474. The third-order valence-corrected chi connectivity index (χ3v) is 4.88. The van der Waals surface area contributed by atoms with E-state index >= 15 is 0 Å². The smallest absolute Gasteiger partial charge is 0.169 e. The Morgan fingerprint density at radius 1 is 1.38 bits per heavy atom. The Morgan fingerprint density at radius 3 is 2.92 bits per heavy atom. The van der Waals surface area contributed by atoms with Crippen molar-refractivity contribution in [2.24, 2.45) is 0 Å². The van der Waals surface area contributed by atoms with Crippen molar-refractivity contribution in [1.29, 1.82) is 0 Å². The van der Waals surface area contributed by atoms with Crippen molar-refractivity contribution >= 4 is 17.3 Å². The van der Waals surface area contributed by atoms with E-state index < -0.39 is 0 Å². The van der Waals surface area contributed by atoms with Gasteiger partial charge in [0.2, 0.25) is 0 Å². The summed E-state index contributed by atoms with van der Waals surface area (Å²) in [6.07, 6.45) is 8.93. The van der Waals surface area contributed by atoms with Crippen molar-refractivity contribution in [1.82, 2.24) is 19.8 Å². The van der Waals surface area contributed by atoms with Crippen molar-refractivity contribution < 1.29 is 9.13 Å². The molecule has 0 aliphatic carbocycles. The van der Waals surface area contributed by atoms with Crippen LogP contribution in [0, 0.1) is 5.82 Å². The number of nitrogens with zero attached hydrogens (tertiary/aromatic N) is 3. The molecule has 1 saturated heterocycles. The molecule has 0 bridgehead atoms. The van der Waals surface area contributed by atoms with E-state index in [1.807, 2.05) is 12.5 Å². The minimum absolute atomic E-state index is 0.223. The van der Waals surface area contributed by atoms with Gasteiger partial charge in [0.05, 0.1) is 12.4 Å². The summed E-state index contributed by atoms with van der Waals surface area (Å²) in [6.45, 7) is 3.92. The highest BCUT2D eigenvalue weighted by atomic mass is 32.1. The van der Waals surface area contributed by atoms with Crippen LogP contribution >= 0.6 is 12.2 Å². The van der Waals surface area contributed by atoms with E-state index in [9.17, 15) is 4.39 Å². The number of benzene rings is 1. The van der Waals surface area contributed by atoms with Gasteiger partial charge in [0.25, 0.3) is 0 Å². The molecule has 140 valence electrons. The van der Waals surface area contributed by atoms with E-state index in [2.05, 4.69) is 19.8 Å². The number of rotatable bonds is 8. The first-order chi connectivity index (χ1) is 12.7. The summed E-state index contributed by atoms with van der Waals surface area (Å²) in [5, 5.41) is 4.06. The number of aryl methyl sites for hydroxylation is 1. The van der Waals surface area contributed by atoms with Crippen molar-refractivity contribution in [3.63, 3.8) is 0 Å². The number of halogens is 1. The lowest BCUT2D eigenvalue weighted by atomic mass is 10.2. The van der Waals surface area contributed by atoms with Crippen LogP contribution in [0.15, 0.2) is 43.0 Å². The van der Waals surface area contributed by atoms with Crippen LogP contribution in [-0.4, -0.2) is 45.4 Å². The summed E-state index contributed by atoms with van der Waals surface area (Å²) in [4.78, 5) is 6.20. The molecule has 26 heavy (non-hydrogen) atoms. The molecule has 1 aliphatic heterocycles. The maximum absolute atomic E-state index is 13.2. The summed E-state index contributed by atoms with van der Waals surface area (Å²) in [5.41, 5.74) is 1.04. The van der Waals surface area contributed by atoms with Gasteiger partial charge in [-0.15, -0.1) is 0 Å². The molecule has 1 unspecified atom stereocenters. The maximum Gasteiger partial charge on any atom is 0.169 e. The van der Waals surface area contributed by atoms with Crippen molar-refractivity contribution in [2.75, 3.05) is 19.7 Å². The third-order valence-electron chi connectivity index (χ3n) is 4.48. The lowest BCUT2D eigenvalue weighted by Gasteiger charge is -2.27. The summed E-state index contributed by atoms with van der Waals surface area (Å²) in [6, 6.07) is 6.59. The quantitative estimate of drug-likeness (QED) is 0.718. The second-order valence-electron chi connectivity index (χ2n) is 6.52. The van der Waals surface area contributed by atoms with Crippen LogP contribution < -0.4 is 5.32 Å². The van der Waals surface area contributed by atoms with Crippen LogP contribution in [-0.2, 0) is 17.8 Å². The minimum atomic E-state index is -0.223. The molecule has 1 fully saturated rings. The highest BCUT2D eigenvalue weighted by Crippen LogP contribution is 2.12. The van der Waals surface area contributed by atoms with Gasteiger partial charge in [-0.3, -0.25) is 0 Å². The normalized spacial score (nSPS) is 16.6. The van der Waals surface area contributed by atoms with Crippen LogP contribution in [0.1, 0.15) is 24.8 Å². The fourth-order valence-corrected chi connectivity index (χ4v) is 3.28. The van der Waals surface area contributed by atoms with E-state index in [0.717, 1.165) is 56.2 Å². The molecule has 7 heteroatoms. The molecule has 1 aliphatic rings. The van der Waals surface area contributed by atoms with Gasteiger partial charge in [-0.1, -0.05) is 12.1 Å². The topological polar surface area (TPSA) is 42.3 Å². The standard InChI is InChI=1S/C19H25FN4OS/c20-17-6-4-16(5-7-17)14-24(10-2-9-23-11-8-21-15-23)19(26)22-13-18-3-1-12-25-18/h4-8,11,15,18H,1-3,9-10,12-14H2,(H,22,26). The van der Waals surface area contributed by atoms with Crippen LogP contribution in [0.4, 0.5) is 4.39 Å². The SMILES string of the molecule is Fc1ccc(CN(CCCn2ccnc2)C(=S)NCC2CCCO2)cc1. The van der Waals surface area contributed by atoms with Crippen molar-refractivity contribution in [3.05, 3.63) is 54.4 Å². The van der Waals surface area contributed by atoms with E-state index in [1.54, 1.807) is 18.3 Å². The van der Waals surface area contributed by atoms with Crippen LogP contribution in [0.25, 0.3) is 0 Å². The van der Waals surface area contributed by atoms with E-state index in [0.29, 0.717) is 6.54 Å². The number of hydrogen-bond donors (Lipinski definition) is 1. The largest absolute Gasteiger partial charge is 0.376 e. The van der Waals surface area contributed by atoms with Crippen LogP contribution in [0.5, 0.6) is 0 Å². The van der Waals surface area contributed by atoms with Gasteiger partial charge < -0.3 is 19.5 Å². The van der Waals surface area contributed by atoms with Crippen molar-refractivity contribution in [2.45, 2.75) is 38.5 Å². The minimum Gasteiger partial charge on any atom is -0.376 e. The summed E-state index contributed by atoms with van der Waals surface area (Å²) in [7, 11) is 0. The Hall–Kier alpha value is -1.99. The number of nitrogens with one attached hydrogen (secondary N) is 1. The van der Waals surface area contributed by atoms with E-state index in [1.165, 1.54) is 12.1 Å². The first-order valence-corrected chi connectivity index (χ1v) is 9.46. The molecule has 3 rings (SSSR count). The maximum atomic E-state index is 13.2. The molecule has 2 heterocycles. The summed E-state index contributed by atoms with van der Waals surface area (Å²) >= 11 is 5.61. The predicted octanol–water partition coefficient (Wildman–Crippen LogP) is 2.97. The summed E-state index contributed by atoms with van der Waals surface area (Å²) in [5.74, 6) is -0.223. The Labute approximate surface area is 159 Å². The van der Waals surface area contributed by atoms with Gasteiger partial charge in [0.1, 0.15) is 5.82 Å². The number of aromatic nitrogens is 2. The lowest BCUT2D eigenvalue weighted by Crippen LogP contribution is -2.42. The molecule has 1 N–H and O–H groups in total. The molecule has 1 aromatic heterocycles. The average Bonchev–Trinajstić information content (AvgIpc) is 3.34. The zero-order valence-electron chi connectivity index (χ0n) is 14.8. The predicted molar refractivity (Wildman–Crippen MR) is 103 cm³/mol. The Bertz CT molecular complexity index is 671. The number of imidazole rings is 1. The van der Waals surface area contributed by atoms with Crippen molar-refractivity contribution in [3.8, 4) is 0 Å². The van der Waals surface area contributed by atoms with Gasteiger partial charge in [-0.05, 0) is 49.2 Å². The van der Waals surface area contributed by atoms with E-state index in [-0.39, 0.29) is 11.9 Å². The number of hydrogen-bond acceptors (Lipinski definition) is 3. The Morgan fingerprint density at radius 2 is 2.23 bits per heavy atom. The van der Waals surface area contributed by atoms with Gasteiger partial charge in [-0.25, -0.2) is 9.37 Å². The second kappa shape index (κ2) is 9.64. The molecule has 0 saturated carbocycles. The first kappa shape index (κ1) is 18.8. The molecule has 1 atom stereocenters. The Balaban J connectivity index is 1.55. The number of ether oxygens (including phenoxy) is 1. The highest BCUT2D eigenvalue weighted by Gasteiger charge is 2.17. The van der Waals surface area contributed by atoms with Gasteiger partial charge in [-0.2, -0.15) is 0 Å². The molecular weight excluding hydrogens is 351 g/mol. The first-order valence-electron chi connectivity index (χ1n) is 9.05. The second-order valence-corrected chi connectivity index (χ2v) is 6.91. The van der Waals surface area contributed by atoms with Crippen LogP contribution in [0.2, 0.25) is 0 Å². The molecule has 0 radical (unpaired) electrons. The number of thiocarbonyl (C=S) groups is 1. The third kappa shape index (κ3) is 5.78. The molecule has 0 spiro atoms. The zero-order valence-corrected chi connectivity index (χ0v) is 15.6. The van der Waals surface area contributed by atoms with E-state index in [4.69, 9.17) is 17.0 Å². The average molecular weight is 377 g/mol. The summed E-state index contributed by atoms with van der Waals surface area (Å²) < 4.78 is 20.9. The Kier molecular flexibility index (Phi) is 6.96. The lowest BCUT2D eigenvalue weighted by molar-refractivity contribution is 0.113. The molecular formula is C19H25FN4OS. The molecule has 0 amide bonds. The fourth-order valence-electron chi connectivity index (χ4n) is 3.04. The molecule has 2 aromatic rings. The molecule has 5 nitrogen and oxygen atoms in total. The highest BCUT2D eigenvalue weighted by molar-refractivity contribution is 7.80. The monoisotopic (exact) mass is 376 g/mol. The van der Waals surface area contributed by atoms with Gasteiger partial charge in [0, 0.05) is 45.2 Å².